The molecule has 0 saturated carbocycles. The standard InChI is InChI=1S/2C25H14ClF3N2OS.C17H11ClN2.C11H8O.C8H4ClF3OS.C6H5ClN2O2/c26-17-10-13-22-21(14-17)30-23(20-7-3-5-15-4-1-2-6-19(15)20)31(22)24(32)16-8-11-18(12-9-16)33-25(27,28)29;26-17-10-13-21-22(14-17)31(24(32)16-8-11-18(12-9-16)33-25(27,28)29)23(30-21)20-7-3-5-15-4-1-2-6-19(15)20;18-12-8-9-15-16(10-12)20-17(19-15)14-7-3-5-11-4-1-2-6-13(11)14;12-8-10-6-3-5-9-4-1-2-7-11(9)10;9-7(13)5-1-3-6(4-2-5)14-8(10,11)12;7-4-1-2-5(8)6(3-4)9(10)11/h2*1-14H;1-10H,(H,19,20);1-8H;1-4H;1-3H,8H2. The van der Waals surface area contributed by atoms with Crippen molar-refractivity contribution in [3.8, 4) is 34.2 Å². The second kappa shape index (κ2) is 38.7. The molecule has 0 unspecified atom stereocenters. The van der Waals surface area contributed by atoms with Crippen molar-refractivity contribution in [3.63, 3.8) is 0 Å². The molecular weight excluding hydrogens is 1760 g/mol. The quantitative estimate of drug-likeness (QED) is 0.0236. The van der Waals surface area contributed by atoms with Crippen LogP contribution in [0.5, 0.6) is 0 Å². The van der Waals surface area contributed by atoms with Gasteiger partial charge in [0.05, 0.1) is 38.0 Å². The molecule has 0 radical (unpaired) electrons. The third-order valence-electron chi connectivity index (χ3n) is 18.3. The molecule has 0 amide bonds. The number of carbonyl (C=O) groups is 4. The summed E-state index contributed by atoms with van der Waals surface area (Å²) in [5.41, 5.74) is 0.294. The fraction of sp³-hybridized carbons (Fsp3) is 0.0326. The Morgan fingerprint density at radius 1 is 0.398 bits per heavy atom. The number of fused-ring (bicyclic) bond motifs is 7. The Bertz CT molecular complexity index is 6900. The smallest absolute Gasteiger partial charge is 0.393 e. The van der Waals surface area contributed by atoms with Crippen LogP contribution in [0.15, 0.2) is 330 Å². The van der Waals surface area contributed by atoms with Gasteiger partial charge in [-0.2, -0.15) is 39.5 Å². The van der Waals surface area contributed by atoms with Gasteiger partial charge in [0.25, 0.3) is 22.7 Å². The van der Waals surface area contributed by atoms with E-state index in [0.29, 0.717) is 53.8 Å². The number of benzene rings is 15. The molecular formula is C92H56Cl5F9N8O6S3. The number of aromatic nitrogens is 6. The number of halogens is 14. The lowest BCUT2D eigenvalue weighted by atomic mass is 10.0. The number of nitro benzene ring substituents is 1. The van der Waals surface area contributed by atoms with Gasteiger partial charge in [0.1, 0.15) is 23.2 Å². The highest BCUT2D eigenvalue weighted by atomic mass is 35.5. The maximum Gasteiger partial charge on any atom is 0.446 e. The normalized spacial score (nSPS) is 11.3. The predicted octanol–water partition coefficient (Wildman–Crippen LogP) is 28.8. The van der Waals surface area contributed by atoms with Crippen LogP contribution in [0, 0.1) is 10.1 Å². The number of aromatic amines is 1. The highest BCUT2D eigenvalue weighted by Gasteiger charge is 2.32. The van der Waals surface area contributed by atoms with E-state index in [1.165, 1.54) is 111 Å². The Kier molecular flexibility index (Phi) is 27.8. The zero-order chi connectivity index (χ0) is 87.4. The molecule has 15 aromatic carbocycles. The number of anilines is 1. The fourth-order valence-electron chi connectivity index (χ4n) is 12.9. The molecule has 18 rings (SSSR count). The van der Waals surface area contributed by atoms with Gasteiger partial charge in [-0.15, -0.1) is 0 Å². The molecule has 0 bridgehead atoms. The van der Waals surface area contributed by atoms with Gasteiger partial charge in [-0.25, -0.2) is 15.0 Å². The van der Waals surface area contributed by atoms with E-state index < -0.39 is 38.5 Å². The van der Waals surface area contributed by atoms with Crippen LogP contribution in [0.3, 0.4) is 0 Å². The maximum atomic E-state index is 13.6. The Balaban J connectivity index is 0.000000134. The van der Waals surface area contributed by atoms with Gasteiger partial charge in [-0.05, 0) is 230 Å². The first-order valence-corrected chi connectivity index (χ1v) is 40.6. The first kappa shape index (κ1) is 88.3. The summed E-state index contributed by atoms with van der Waals surface area (Å²) >= 11 is 28.3. The number of hydrogen-bond acceptors (Lipinski definition) is 13. The van der Waals surface area contributed by atoms with Crippen molar-refractivity contribution in [2.24, 2.45) is 0 Å². The molecule has 0 aliphatic rings. The van der Waals surface area contributed by atoms with Gasteiger partial charge >= 0.3 is 16.5 Å². The third kappa shape index (κ3) is 22.2. The SMILES string of the molecule is Clc1ccc2nc(-c3cccc4ccccc34)[nH]c2c1.Nc1ccc(Cl)cc1[N+](=O)[O-].O=C(Cl)c1ccc(SC(F)(F)F)cc1.O=C(c1ccc(SC(F)(F)F)cc1)n1c(-c2cccc3ccccc23)nc2cc(Cl)ccc21.O=C(c1ccc(SC(F)(F)F)cc1)n1c(-c2cccc3ccccc23)nc2ccc(Cl)cc21.O=Cc1cccc2ccccc12. The van der Waals surface area contributed by atoms with Crippen LogP contribution in [0.4, 0.5) is 50.9 Å². The van der Waals surface area contributed by atoms with E-state index in [1.54, 1.807) is 36.4 Å². The molecule has 0 atom stereocenters. The van der Waals surface area contributed by atoms with E-state index in [2.05, 4.69) is 40.3 Å². The second-order valence-corrected chi connectivity index (χ2v) is 31.9. The van der Waals surface area contributed by atoms with Crippen LogP contribution >= 0.6 is 93.3 Å². The molecule has 0 aliphatic heterocycles. The van der Waals surface area contributed by atoms with E-state index in [1.807, 2.05) is 158 Å². The Morgan fingerprint density at radius 2 is 0.772 bits per heavy atom. The molecule has 123 heavy (non-hydrogen) atoms. The summed E-state index contributed by atoms with van der Waals surface area (Å²) in [6.07, 6.45) is 0.891. The molecule has 616 valence electrons. The summed E-state index contributed by atoms with van der Waals surface area (Å²) < 4.78 is 115. The monoisotopic (exact) mass is 1810 g/mol. The maximum absolute atomic E-state index is 13.6. The highest BCUT2D eigenvalue weighted by Crippen LogP contribution is 2.42. The van der Waals surface area contributed by atoms with E-state index in [9.17, 15) is 68.8 Å². The van der Waals surface area contributed by atoms with E-state index in [0.717, 1.165) is 77.7 Å². The van der Waals surface area contributed by atoms with Gasteiger partial charge < -0.3 is 10.7 Å². The minimum Gasteiger partial charge on any atom is -0.393 e. The van der Waals surface area contributed by atoms with E-state index >= 15 is 0 Å². The zero-order valence-electron chi connectivity index (χ0n) is 62.8. The van der Waals surface area contributed by atoms with Crippen molar-refractivity contribution in [2.75, 3.05) is 5.73 Å². The molecule has 31 heteroatoms. The number of nitro groups is 1. The van der Waals surface area contributed by atoms with Gasteiger partial charge in [-0.1, -0.05) is 216 Å². The molecule has 14 nitrogen and oxygen atoms in total. The molecule has 3 aromatic heterocycles. The third-order valence-corrected chi connectivity index (χ3v) is 21.7. The van der Waals surface area contributed by atoms with Gasteiger partial charge in [0.15, 0.2) is 6.29 Å². The van der Waals surface area contributed by atoms with Gasteiger partial charge in [0, 0.05) is 79.8 Å². The topological polar surface area (TPSA) is 202 Å². The van der Waals surface area contributed by atoms with E-state index in [-0.39, 0.29) is 78.0 Å². The van der Waals surface area contributed by atoms with Crippen molar-refractivity contribution in [1.29, 1.82) is 0 Å². The molecule has 0 saturated heterocycles. The number of rotatable bonds is 11. The molecule has 3 heterocycles. The molecule has 3 N–H and O–H groups in total. The summed E-state index contributed by atoms with van der Waals surface area (Å²) in [6, 6.07) is 90.8. The Hall–Kier alpha value is -12.5. The van der Waals surface area contributed by atoms with Crippen molar-refractivity contribution in [3.05, 3.63) is 368 Å². The summed E-state index contributed by atoms with van der Waals surface area (Å²) in [7, 11) is 0. The summed E-state index contributed by atoms with van der Waals surface area (Å²) in [6.45, 7) is 0. The minimum absolute atomic E-state index is 0.00635. The lowest BCUT2D eigenvalue weighted by molar-refractivity contribution is -0.383. The highest BCUT2D eigenvalue weighted by molar-refractivity contribution is 8.00. The number of nitrogens with one attached hydrogen (secondary N) is 1. The molecule has 0 aliphatic carbocycles. The number of imidazole rings is 3. The number of alkyl halides is 9. The van der Waals surface area contributed by atoms with Crippen LogP contribution < -0.4 is 5.73 Å². The minimum atomic E-state index is -4.40. The summed E-state index contributed by atoms with van der Waals surface area (Å²) in [5.74, 6) is 0.933. The van der Waals surface area contributed by atoms with Gasteiger partial charge in [0.2, 0.25) is 0 Å². The number of nitrogens with zero attached hydrogens (tertiary/aromatic N) is 6. The Morgan fingerprint density at radius 3 is 1.24 bits per heavy atom. The lowest BCUT2D eigenvalue weighted by Gasteiger charge is -2.11. The summed E-state index contributed by atoms with van der Waals surface area (Å²) in [4.78, 5) is 75.6. The fourth-order valence-corrected chi connectivity index (χ4v) is 15.3. The van der Waals surface area contributed by atoms with Crippen LogP contribution in [-0.4, -0.2) is 73.9 Å². The van der Waals surface area contributed by atoms with Crippen molar-refractivity contribution in [2.45, 2.75) is 31.2 Å². The average Bonchev–Trinajstić information content (AvgIpc) is 1.55. The van der Waals surface area contributed by atoms with Crippen LogP contribution in [0.1, 0.15) is 41.4 Å². The summed E-state index contributed by atoms with van der Waals surface area (Å²) in [5, 5.41) is 19.9. The Labute approximate surface area is 730 Å². The first-order chi connectivity index (χ1) is 58.8. The zero-order valence-corrected chi connectivity index (χ0v) is 69.1. The number of nitrogen functional groups attached to an aromatic ring is 1. The number of H-pyrrole nitrogens is 1. The number of carbonyl (C=O) groups excluding carboxylic acids is 4. The van der Waals surface area contributed by atoms with Crippen molar-refractivity contribution >= 4 is 204 Å². The molecule has 18 aromatic rings. The molecule has 0 fully saturated rings. The van der Waals surface area contributed by atoms with Crippen molar-refractivity contribution in [1.82, 2.24) is 29.1 Å². The van der Waals surface area contributed by atoms with Gasteiger partial charge in [-0.3, -0.25) is 38.4 Å². The van der Waals surface area contributed by atoms with E-state index in [4.69, 9.17) is 73.7 Å². The van der Waals surface area contributed by atoms with Crippen LogP contribution in [0.2, 0.25) is 20.1 Å². The molecule has 0 spiro atoms. The average molecular weight is 1810 g/mol. The van der Waals surface area contributed by atoms with Crippen LogP contribution in [-0.2, 0) is 0 Å². The van der Waals surface area contributed by atoms with Crippen molar-refractivity contribution < 1.29 is 63.6 Å². The largest absolute Gasteiger partial charge is 0.446 e. The first-order valence-electron chi connectivity index (χ1n) is 36.3. The lowest BCUT2D eigenvalue weighted by Crippen LogP contribution is -2.13. The number of aldehydes is 1. The second-order valence-electron chi connectivity index (χ2n) is 26.4. The van der Waals surface area contributed by atoms with Crippen LogP contribution in [0.25, 0.3) is 110 Å². The number of nitrogens with two attached hydrogens (primary N) is 1. The predicted molar refractivity (Wildman–Crippen MR) is 476 cm³/mol. The number of hydrogen-bond donors (Lipinski definition) is 2. The number of thioether (sulfide) groups is 3.